The molecule has 0 atom stereocenters. The zero-order chi connectivity index (χ0) is 12.4. The Morgan fingerprint density at radius 3 is 3.00 bits per heavy atom. The number of aromatic amines is 1. The molecule has 3 rings (SSSR count). The van der Waals surface area contributed by atoms with Gasteiger partial charge < -0.3 is 5.32 Å². The summed E-state index contributed by atoms with van der Waals surface area (Å²) in [6.45, 7) is 1.81. The monoisotopic (exact) mass is 260 g/mol. The number of nitrogens with zero attached hydrogens (tertiary/aromatic N) is 2. The molecule has 2 aromatic rings. The van der Waals surface area contributed by atoms with Crippen LogP contribution in [0.1, 0.15) is 5.56 Å². The fraction of sp³-hybridized carbons (Fsp3) is 0.231. The van der Waals surface area contributed by atoms with Crippen LogP contribution in [0, 0.1) is 0 Å². The van der Waals surface area contributed by atoms with E-state index in [0.29, 0.717) is 0 Å². The third kappa shape index (κ3) is 2.24. The van der Waals surface area contributed by atoms with E-state index in [0.717, 1.165) is 41.5 Å². The summed E-state index contributed by atoms with van der Waals surface area (Å²) in [5, 5.41) is 10.8. The first-order chi connectivity index (χ1) is 8.83. The standard InChI is InChI=1S/C13H13ClN4/c14-12-2-1-9(6-13-15-3-4-16-13)5-11(12)10-7-17-18-8-10/h1-2,5,7-8H,3-4,6H2,(H,15,16)(H,17,18). The van der Waals surface area contributed by atoms with Gasteiger partial charge in [-0.25, -0.2) is 0 Å². The van der Waals surface area contributed by atoms with Gasteiger partial charge in [-0.15, -0.1) is 0 Å². The highest BCUT2D eigenvalue weighted by molar-refractivity contribution is 6.33. The Hall–Kier alpha value is -1.81. The van der Waals surface area contributed by atoms with Crippen LogP contribution in [0.15, 0.2) is 35.6 Å². The van der Waals surface area contributed by atoms with Gasteiger partial charge in [0.2, 0.25) is 0 Å². The number of H-pyrrole nitrogens is 1. The van der Waals surface area contributed by atoms with Crippen LogP contribution in [0.2, 0.25) is 5.02 Å². The van der Waals surface area contributed by atoms with Gasteiger partial charge in [0.05, 0.1) is 12.7 Å². The van der Waals surface area contributed by atoms with Crippen molar-refractivity contribution in [2.75, 3.05) is 13.1 Å². The molecule has 0 fully saturated rings. The molecule has 2 N–H and O–H groups in total. The number of aromatic nitrogens is 2. The van der Waals surface area contributed by atoms with E-state index >= 15 is 0 Å². The van der Waals surface area contributed by atoms with Crippen LogP contribution in [-0.2, 0) is 6.42 Å². The summed E-state index contributed by atoms with van der Waals surface area (Å²) < 4.78 is 0. The smallest absolute Gasteiger partial charge is 0.101 e. The molecule has 1 aromatic carbocycles. The van der Waals surface area contributed by atoms with E-state index < -0.39 is 0 Å². The van der Waals surface area contributed by atoms with Crippen molar-refractivity contribution < 1.29 is 0 Å². The number of hydrogen-bond acceptors (Lipinski definition) is 3. The van der Waals surface area contributed by atoms with Crippen LogP contribution in [0.3, 0.4) is 0 Å². The first kappa shape index (κ1) is 11.3. The lowest BCUT2D eigenvalue weighted by Gasteiger charge is -2.06. The molecule has 1 aliphatic heterocycles. The molecule has 0 amide bonds. The Morgan fingerprint density at radius 2 is 2.28 bits per heavy atom. The minimum absolute atomic E-state index is 0.737. The van der Waals surface area contributed by atoms with E-state index in [1.165, 1.54) is 5.56 Å². The fourth-order valence-corrected chi connectivity index (χ4v) is 2.29. The second-order valence-corrected chi connectivity index (χ2v) is 4.64. The van der Waals surface area contributed by atoms with Crippen LogP contribution in [0.25, 0.3) is 11.1 Å². The van der Waals surface area contributed by atoms with Gasteiger partial charge in [0, 0.05) is 35.3 Å². The highest BCUT2D eigenvalue weighted by atomic mass is 35.5. The number of halogens is 1. The van der Waals surface area contributed by atoms with Crippen molar-refractivity contribution in [2.24, 2.45) is 4.99 Å². The van der Waals surface area contributed by atoms with E-state index in [1.807, 2.05) is 18.3 Å². The first-order valence-electron chi connectivity index (χ1n) is 5.88. The fourth-order valence-electron chi connectivity index (χ4n) is 2.06. The molecule has 92 valence electrons. The van der Waals surface area contributed by atoms with Crippen LogP contribution in [0.4, 0.5) is 0 Å². The van der Waals surface area contributed by atoms with Crippen molar-refractivity contribution in [1.82, 2.24) is 15.5 Å². The molecule has 1 aromatic heterocycles. The highest BCUT2D eigenvalue weighted by Crippen LogP contribution is 2.28. The van der Waals surface area contributed by atoms with Crippen molar-refractivity contribution in [3.8, 4) is 11.1 Å². The molecule has 0 spiro atoms. The molecule has 0 saturated carbocycles. The predicted octanol–water partition coefficient (Wildman–Crippen LogP) is 2.27. The van der Waals surface area contributed by atoms with Gasteiger partial charge in [-0.05, 0) is 17.7 Å². The maximum Gasteiger partial charge on any atom is 0.101 e. The third-order valence-electron chi connectivity index (χ3n) is 2.96. The molecule has 5 heteroatoms. The zero-order valence-corrected chi connectivity index (χ0v) is 10.5. The second kappa shape index (κ2) is 4.82. The van der Waals surface area contributed by atoms with E-state index in [2.05, 4.69) is 26.6 Å². The largest absolute Gasteiger partial charge is 0.372 e. The Morgan fingerprint density at radius 1 is 1.33 bits per heavy atom. The van der Waals surface area contributed by atoms with Gasteiger partial charge >= 0.3 is 0 Å². The molecule has 1 aliphatic rings. The van der Waals surface area contributed by atoms with Crippen LogP contribution in [-0.4, -0.2) is 29.1 Å². The van der Waals surface area contributed by atoms with Crippen LogP contribution >= 0.6 is 11.6 Å². The van der Waals surface area contributed by atoms with E-state index in [4.69, 9.17) is 11.6 Å². The lowest BCUT2D eigenvalue weighted by molar-refractivity contribution is 0.953. The van der Waals surface area contributed by atoms with E-state index in [9.17, 15) is 0 Å². The highest BCUT2D eigenvalue weighted by Gasteiger charge is 2.09. The zero-order valence-electron chi connectivity index (χ0n) is 9.78. The molecule has 2 heterocycles. The average molecular weight is 261 g/mol. The van der Waals surface area contributed by atoms with Crippen molar-refractivity contribution in [3.63, 3.8) is 0 Å². The van der Waals surface area contributed by atoms with E-state index in [-0.39, 0.29) is 0 Å². The van der Waals surface area contributed by atoms with Gasteiger partial charge in [-0.2, -0.15) is 5.10 Å². The number of benzene rings is 1. The molecule has 0 radical (unpaired) electrons. The Labute approximate surface area is 110 Å². The molecule has 0 aliphatic carbocycles. The molecule has 4 nitrogen and oxygen atoms in total. The summed E-state index contributed by atoms with van der Waals surface area (Å²) >= 11 is 6.22. The van der Waals surface area contributed by atoms with Gasteiger partial charge in [0.1, 0.15) is 5.84 Å². The lowest BCUT2D eigenvalue weighted by atomic mass is 10.0. The number of rotatable bonds is 3. The SMILES string of the molecule is Clc1ccc(CC2=NCCN2)cc1-c1cn[nH]c1. The normalized spacial score (nSPS) is 14.4. The van der Waals surface area contributed by atoms with Crippen molar-refractivity contribution >= 4 is 17.4 Å². The van der Waals surface area contributed by atoms with Gasteiger partial charge in [0.15, 0.2) is 0 Å². The molecule has 0 saturated heterocycles. The number of amidine groups is 1. The summed E-state index contributed by atoms with van der Waals surface area (Å²) in [5.41, 5.74) is 3.20. The second-order valence-electron chi connectivity index (χ2n) is 4.23. The Bertz CT molecular complexity index is 575. The lowest BCUT2D eigenvalue weighted by Crippen LogP contribution is -2.20. The van der Waals surface area contributed by atoms with Gasteiger partial charge in [0.25, 0.3) is 0 Å². The quantitative estimate of drug-likeness (QED) is 0.890. The summed E-state index contributed by atoms with van der Waals surface area (Å²) in [4.78, 5) is 4.40. The van der Waals surface area contributed by atoms with Crippen molar-refractivity contribution in [2.45, 2.75) is 6.42 Å². The van der Waals surface area contributed by atoms with Crippen LogP contribution in [0.5, 0.6) is 0 Å². The van der Waals surface area contributed by atoms with Crippen molar-refractivity contribution in [3.05, 3.63) is 41.2 Å². The molecule has 0 bridgehead atoms. The molecular weight excluding hydrogens is 248 g/mol. The molecular formula is C13H13ClN4. The van der Waals surface area contributed by atoms with Crippen LogP contribution < -0.4 is 5.32 Å². The third-order valence-corrected chi connectivity index (χ3v) is 3.28. The summed E-state index contributed by atoms with van der Waals surface area (Å²) in [5.74, 6) is 1.05. The molecule has 18 heavy (non-hydrogen) atoms. The Balaban J connectivity index is 1.90. The predicted molar refractivity (Wildman–Crippen MR) is 73.0 cm³/mol. The Kier molecular flexibility index (Phi) is 3.02. The summed E-state index contributed by atoms with van der Waals surface area (Å²) in [6, 6.07) is 6.05. The topological polar surface area (TPSA) is 53.1 Å². The number of hydrogen-bond donors (Lipinski definition) is 2. The maximum absolute atomic E-state index is 6.22. The minimum Gasteiger partial charge on any atom is -0.372 e. The van der Waals surface area contributed by atoms with E-state index in [1.54, 1.807) is 6.20 Å². The first-order valence-corrected chi connectivity index (χ1v) is 6.25. The van der Waals surface area contributed by atoms with Crippen molar-refractivity contribution in [1.29, 1.82) is 0 Å². The summed E-state index contributed by atoms with van der Waals surface area (Å²) in [6.07, 6.45) is 4.44. The average Bonchev–Trinajstić information content (AvgIpc) is 3.04. The van der Waals surface area contributed by atoms with Gasteiger partial charge in [-0.3, -0.25) is 10.1 Å². The number of aliphatic imine (C=N–C) groups is 1. The minimum atomic E-state index is 0.737. The summed E-state index contributed by atoms with van der Waals surface area (Å²) in [7, 11) is 0. The molecule has 0 unspecified atom stereocenters. The van der Waals surface area contributed by atoms with Gasteiger partial charge in [-0.1, -0.05) is 17.7 Å². The number of nitrogens with one attached hydrogen (secondary N) is 2. The maximum atomic E-state index is 6.22.